The van der Waals surface area contributed by atoms with Gasteiger partial charge in [0.05, 0.1) is 31.3 Å². The fourth-order valence-electron chi connectivity index (χ4n) is 2.98. The standard InChI is InChI=1S/C23H27N5O7/c1-2-34-21(32)11-18(14-5-4-8-17(10-14)35-13-20(30)31)28-19(29)12-26-22(33)15-6-3-7-16(9-15)27-23(24)25/h3-10,18H,2,11-13H2,1H3,(H,26,33)(H,28,29)(H,30,31)(H4,24,25,27). The second kappa shape index (κ2) is 13.2. The topological polar surface area (TPSA) is 195 Å². The summed E-state index contributed by atoms with van der Waals surface area (Å²) in [6, 6.07) is 11.7. The molecule has 2 amide bonds. The first-order valence-electron chi connectivity index (χ1n) is 10.5. The van der Waals surface area contributed by atoms with Crippen molar-refractivity contribution in [2.24, 2.45) is 16.5 Å². The Kier molecular flexibility index (Phi) is 10.0. The molecule has 0 aromatic heterocycles. The van der Waals surface area contributed by atoms with E-state index in [4.69, 9.17) is 26.0 Å². The fourth-order valence-corrected chi connectivity index (χ4v) is 2.98. The molecule has 12 heteroatoms. The minimum Gasteiger partial charge on any atom is -0.482 e. The van der Waals surface area contributed by atoms with Crippen molar-refractivity contribution in [1.29, 1.82) is 0 Å². The minimum atomic E-state index is -1.15. The molecule has 0 spiro atoms. The van der Waals surface area contributed by atoms with Crippen molar-refractivity contribution in [3.8, 4) is 5.75 Å². The first kappa shape index (κ1) is 26.6. The van der Waals surface area contributed by atoms with E-state index in [0.29, 0.717) is 11.3 Å². The highest BCUT2D eigenvalue weighted by Gasteiger charge is 2.20. The lowest BCUT2D eigenvalue weighted by Gasteiger charge is -2.19. The van der Waals surface area contributed by atoms with E-state index in [2.05, 4.69) is 15.6 Å². The Morgan fingerprint density at radius 1 is 1.09 bits per heavy atom. The van der Waals surface area contributed by atoms with E-state index in [1.54, 1.807) is 37.3 Å². The number of aliphatic imine (C=N–C) groups is 1. The van der Waals surface area contributed by atoms with E-state index >= 15 is 0 Å². The molecule has 0 radical (unpaired) electrons. The normalized spacial score (nSPS) is 11.0. The average Bonchev–Trinajstić information content (AvgIpc) is 2.81. The Morgan fingerprint density at radius 3 is 2.51 bits per heavy atom. The summed E-state index contributed by atoms with van der Waals surface area (Å²) in [5.74, 6) is -2.70. The summed E-state index contributed by atoms with van der Waals surface area (Å²) < 4.78 is 10.1. The number of rotatable bonds is 12. The van der Waals surface area contributed by atoms with Crippen molar-refractivity contribution in [2.75, 3.05) is 19.8 Å². The van der Waals surface area contributed by atoms with E-state index < -0.39 is 36.4 Å². The highest BCUT2D eigenvalue weighted by molar-refractivity contribution is 5.97. The Morgan fingerprint density at radius 2 is 1.83 bits per heavy atom. The third-order valence-electron chi connectivity index (χ3n) is 4.41. The van der Waals surface area contributed by atoms with Crippen LogP contribution in [0.1, 0.15) is 35.3 Å². The van der Waals surface area contributed by atoms with Gasteiger partial charge in [-0.1, -0.05) is 18.2 Å². The van der Waals surface area contributed by atoms with E-state index in [1.807, 2.05) is 0 Å². The number of nitrogens with one attached hydrogen (secondary N) is 2. The number of amides is 2. The number of nitrogens with two attached hydrogens (primary N) is 2. The van der Waals surface area contributed by atoms with Crippen LogP contribution in [0.2, 0.25) is 0 Å². The van der Waals surface area contributed by atoms with Crippen LogP contribution in [0.5, 0.6) is 5.75 Å². The van der Waals surface area contributed by atoms with Crippen LogP contribution < -0.4 is 26.8 Å². The number of carbonyl (C=O) groups is 4. The van der Waals surface area contributed by atoms with Gasteiger partial charge >= 0.3 is 11.9 Å². The van der Waals surface area contributed by atoms with Crippen molar-refractivity contribution < 1.29 is 33.8 Å². The number of esters is 1. The molecule has 2 rings (SSSR count). The molecule has 0 aliphatic carbocycles. The lowest BCUT2D eigenvalue weighted by Crippen LogP contribution is -2.39. The summed E-state index contributed by atoms with van der Waals surface area (Å²) in [5.41, 5.74) is 11.8. The van der Waals surface area contributed by atoms with Gasteiger partial charge in [-0.2, -0.15) is 0 Å². The zero-order valence-electron chi connectivity index (χ0n) is 19.0. The van der Waals surface area contributed by atoms with Gasteiger partial charge in [0, 0.05) is 5.56 Å². The largest absolute Gasteiger partial charge is 0.482 e. The molecule has 0 heterocycles. The van der Waals surface area contributed by atoms with Crippen LogP contribution in [0.25, 0.3) is 0 Å². The molecule has 0 fully saturated rings. The highest BCUT2D eigenvalue weighted by atomic mass is 16.5. The van der Waals surface area contributed by atoms with Crippen LogP contribution in [0.15, 0.2) is 53.5 Å². The smallest absolute Gasteiger partial charge is 0.341 e. The maximum absolute atomic E-state index is 12.6. The summed E-state index contributed by atoms with van der Waals surface area (Å²) in [7, 11) is 0. The SMILES string of the molecule is CCOC(=O)CC(NC(=O)CNC(=O)c1cccc(N=C(N)N)c1)c1cccc(OCC(=O)O)c1. The van der Waals surface area contributed by atoms with E-state index in [-0.39, 0.29) is 36.8 Å². The zero-order valence-corrected chi connectivity index (χ0v) is 19.0. The van der Waals surface area contributed by atoms with Crippen molar-refractivity contribution in [3.63, 3.8) is 0 Å². The molecule has 35 heavy (non-hydrogen) atoms. The predicted molar refractivity (Wildman–Crippen MR) is 126 cm³/mol. The van der Waals surface area contributed by atoms with Gasteiger partial charge in [-0.15, -0.1) is 0 Å². The molecule has 0 aliphatic rings. The molecule has 2 aromatic carbocycles. The molecule has 0 saturated heterocycles. The number of guanidine groups is 1. The van der Waals surface area contributed by atoms with Gasteiger partial charge < -0.3 is 36.7 Å². The Labute approximate surface area is 201 Å². The number of carboxylic acids is 1. The second-order valence-corrected chi connectivity index (χ2v) is 7.15. The number of carboxylic acid groups (broad SMARTS) is 1. The van der Waals surface area contributed by atoms with Crippen molar-refractivity contribution >= 4 is 35.4 Å². The first-order chi connectivity index (χ1) is 16.7. The molecule has 1 atom stereocenters. The minimum absolute atomic E-state index is 0.160. The van der Waals surface area contributed by atoms with Gasteiger partial charge in [0.15, 0.2) is 12.6 Å². The number of hydrogen-bond donors (Lipinski definition) is 5. The van der Waals surface area contributed by atoms with Gasteiger partial charge in [0.25, 0.3) is 5.91 Å². The lowest BCUT2D eigenvalue weighted by molar-refractivity contribution is -0.144. The van der Waals surface area contributed by atoms with E-state index in [1.165, 1.54) is 18.2 Å². The number of hydrogen-bond acceptors (Lipinski definition) is 7. The molecule has 0 saturated carbocycles. The maximum atomic E-state index is 12.6. The number of aliphatic carboxylic acids is 1. The monoisotopic (exact) mass is 485 g/mol. The van der Waals surface area contributed by atoms with Crippen LogP contribution in [0, 0.1) is 0 Å². The highest BCUT2D eigenvalue weighted by Crippen LogP contribution is 2.22. The molecular formula is C23H27N5O7. The van der Waals surface area contributed by atoms with Crippen LogP contribution in [-0.4, -0.2) is 54.6 Å². The summed E-state index contributed by atoms with van der Waals surface area (Å²) in [6.07, 6.45) is -0.184. The number of carbonyl (C=O) groups excluding carboxylic acids is 3. The molecular weight excluding hydrogens is 458 g/mol. The quantitative estimate of drug-likeness (QED) is 0.162. The molecule has 12 nitrogen and oxygen atoms in total. The summed E-state index contributed by atoms with van der Waals surface area (Å²) >= 11 is 0. The fraction of sp³-hybridized carbons (Fsp3) is 0.261. The van der Waals surface area contributed by atoms with Gasteiger partial charge in [-0.25, -0.2) is 9.79 Å². The van der Waals surface area contributed by atoms with Crippen LogP contribution in [0.4, 0.5) is 5.69 Å². The second-order valence-electron chi connectivity index (χ2n) is 7.15. The van der Waals surface area contributed by atoms with Crippen LogP contribution >= 0.6 is 0 Å². The van der Waals surface area contributed by atoms with E-state index in [0.717, 1.165) is 0 Å². The predicted octanol–water partition coefficient (Wildman–Crippen LogP) is 0.595. The number of benzene rings is 2. The Bertz CT molecular complexity index is 1100. The van der Waals surface area contributed by atoms with Crippen molar-refractivity contribution in [2.45, 2.75) is 19.4 Å². The third kappa shape index (κ3) is 9.42. The molecule has 2 aromatic rings. The molecule has 7 N–H and O–H groups in total. The Hall–Kier alpha value is -4.61. The number of ether oxygens (including phenoxy) is 2. The van der Waals surface area contributed by atoms with E-state index in [9.17, 15) is 19.2 Å². The Balaban J connectivity index is 2.08. The lowest BCUT2D eigenvalue weighted by atomic mass is 10.0. The molecule has 0 bridgehead atoms. The third-order valence-corrected chi connectivity index (χ3v) is 4.41. The molecule has 186 valence electrons. The average molecular weight is 485 g/mol. The van der Waals surface area contributed by atoms with Gasteiger partial charge in [0.2, 0.25) is 5.91 Å². The van der Waals surface area contributed by atoms with Gasteiger partial charge in [-0.05, 0) is 42.8 Å². The van der Waals surface area contributed by atoms with Crippen molar-refractivity contribution in [3.05, 3.63) is 59.7 Å². The number of nitrogens with zero attached hydrogens (tertiary/aromatic N) is 1. The zero-order chi connectivity index (χ0) is 25.8. The summed E-state index contributed by atoms with van der Waals surface area (Å²) in [6.45, 7) is 0.897. The van der Waals surface area contributed by atoms with Gasteiger partial charge in [0.1, 0.15) is 5.75 Å². The first-order valence-corrected chi connectivity index (χ1v) is 10.5. The van der Waals surface area contributed by atoms with Crippen molar-refractivity contribution in [1.82, 2.24) is 10.6 Å². The summed E-state index contributed by atoms with van der Waals surface area (Å²) in [4.78, 5) is 51.7. The summed E-state index contributed by atoms with van der Waals surface area (Å²) in [5, 5.41) is 14.0. The molecule has 1 unspecified atom stereocenters. The van der Waals surface area contributed by atoms with Crippen LogP contribution in [0.3, 0.4) is 0 Å². The van der Waals surface area contributed by atoms with Crippen LogP contribution in [-0.2, 0) is 19.1 Å². The molecule has 0 aliphatic heterocycles. The van der Waals surface area contributed by atoms with Gasteiger partial charge in [-0.3, -0.25) is 14.4 Å². The maximum Gasteiger partial charge on any atom is 0.341 e.